The molecule has 0 heterocycles. The zero-order valence-corrected chi connectivity index (χ0v) is 62.6. The number of phosphoric acid groups is 2. The Labute approximate surface area is 584 Å². The molecule has 0 aromatic rings. The fourth-order valence-corrected chi connectivity index (χ4v) is 12.1. The second-order valence-electron chi connectivity index (χ2n) is 25.9. The molecule has 17 nitrogen and oxygen atoms in total. The third-order valence-electron chi connectivity index (χ3n) is 16.5. The molecule has 96 heavy (non-hydrogen) atoms. The molecule has 0 amide bonds. The molecule has 0 bridgehead atoms. The fraction of sp³-hybridized carbons (Fsp3) is 0.818. The first-order valence-electron chi connectivity index (χ1n) is 38.5. The van der Waals surface area contributed by atoms with E-state index in [1.165, 1.54) is 96.3 Å². The SMILES string of the molecule is CCCCC/C=C\C/C=C\CCCCCCCC(=O)OC[C@H](COP(=O)(O)OC[C@@H](O)COP(=O)(O)OC[C@@H](COC(=O)CCCCCCCCCCCCCCC)OC(=O)CCCCCCC/C=C\C/C=C\CCCCC)OCCCCCCC/C=C\CCCCCCC=O. The number of hydrogen-bond acceptors (Lipinski definition) is 15. The maximum Gasteiger partial charge on any atom is 0.472 e. The molecule has 19 heteroatoms. The summed E-state index contributed by atoms with van der Waals surface area (Å²) in [7, 11) is -9.79. The normalized spacial score (nSPS) is 14.3. The molecule has 0 spiro atoms. The van der Waals surface area contributed by atoms with Crippen LogP contribution in [0.25, 0.3) is 0 Å². The van der Waals surface area contributed by atoms with E-state index in [-0.39, 0.29) is 25.9 Å². The van der Waals surface area contributed by atoms with Gasteiger partial charge in [0.15, 0.2) is 6.10 Å². The van der Waals surface area contributed by atoms with Gasteiger partial charge in [-0.2, -0.15) is 0 Å². The lowest BCUT2D eigenvalue weighted by atomic mass is 10.0. The summed E-state index contributed by atoms with van der Waals surface area (Å²) in [5, 5.41) is 10.6. The van der Waals surface area contributed by atoms with Crippen LogP contribution in [-0.2, 0) is 65.4 Å². The van der Waals surface area contributed by atoms with Crippen molar-refractivity contribution >= 4 is 39.8 Å². The first-order chi connectivity index (χ1) is 46.8. The van der Waals surface area contributed by atoms with Crippen molar-refractivity contribution in [1.29, 1.82) is 0 Å². The lowest BCUT2D eigenvalue weighted by Crippen LogP contribution is -2.30. The largest absolute Gasteiger partial charge is 0.472 e. The number of aliphatic hydroxyl groups excluding tert-OH is 1. The van der Waals surface area contributed by atoms with Gasteiger partial charge in [-0.25, -0.2) is 9.13 Å². The fourth-order valence-electron chi connectivity index (χ4n) is 10.5. The number of allylic oxidation sites excluding steroid dienone is 10. The number of unbranched alkanes of at least 4 members (excludes halogenated alkanes) is 38. The third kappa shape index (κ3) is 70.8. The molecular weight excluding hydrogens is 1260 g/mol. The molecule has 0 aromatic heterocycles. The Balaban J connectivity index is 5.27. The highest BCUT2D eigenvalue weighted by Gasteiger charge is 2.30. The van der Waals surface area contributed by atoms with Crippen LogP contribution in [0.4, 0.5) is 0 Å². The van der Waals surface area contributed by atoms with Gasteiger partial charge in [-0.1, -0.05) is 255 Å². The summed E-state index contributed by atoms with van der Waals surface area (Å²) in [4.78, 5) is 70.3. The topological polar surface area (TPSA) is 237 Å². The number of rotatable bonds is 75. The van der Waals surface area contributed by atoms with Crippen LogP contribution in [0.3, 0.4) is 0 Å². The number of aliphatic hydroxyl groups is 1. The first-order valence-corrected chi connectivity index (χ1v) is 41.5. The molecule has 5 atom stereocenters. The van der Waals surface area contributed by atoms with Crippen LogP contribution in [0.1, 0.15) is 342 Å². The summed E-state index contributed by atoms with van der Waals surface area (Å²) in [6, 6.07) is 0. The lowest BCUT2D eigenvalue weighted by Gasteiger charge is -2.21. The van der Waals surface area contributed by atoms with E-state index in [0.29, 0.717) is 38.7 Å². The Morgan fingerprint density at radius 1 is 0.333 bits per heavy atom. The summed E-state index contributed by atoms with van der Waals surface area (Å²) in [6.45, 7) is 3.47. The average molecular weight is 1400 g/mol. The first kappa shape index (κ1) is 92.9. The molecule has 0 aliphatic carbocycles. The number of phosphoric ester groups is 2. The third-order valence-corrected chi connectivity index (χ3v) is 18.4. The van der Waals surface area contributed by atoms with Crippen molar-refractivity contribution in [3.63, 3.8) is 0 Å². The van der Waals surface area contributed by atoms with Crippen molar-refractivity contribution < 1.29 is 80.2 Å². The average Bonchev–Trinajstić information content (AvgIpc) is 1.38. The van der Waals surface area contributed by atoms with Gasteiger partial charge in [0.25, 0.3) is 0 Å². The quantitative estimate of drug-likeness (QED) is 0.0128. The molecule has 3 N–H and O–H groups in total. The highest BCUT2D eigenvalue weighted by atomic mass is 31.2. The van der Waals surface area contributed by atoms with E-state index in [9.17, 15) is 43.2 Å². The number of aldehydes is 1. The molecule has 0 fully saturated rings. The monoisotopic (exact) mass is 1400 g/mol. The molecule has 0 radical (unpaired) electrons. The molecule has 0 aromatic carbocycles. The Kier molecular flexibility index (Phi) is 69.4. The van der Waals surface area contributed by atoms with Gasteiger partial charge >= 0.3 is 33.6 Å². The molecule has 0 aliphatic heterocycles. The maximum atomic E-state index is 13.1. The van der Waals surface area contributed by atoms with Crippen molar-refractivity contribution in [2.45, 2.75) is 360 Å². The van der Waals surface area contributed by atoms with Crippen molar-refractivity contribution in [3.05, 3.63) is 60.8 Å². The summed E-state index contributed by atoms with van der Waals surface area (Å²) in [5.74, 6) is -1.47. The lowest BCUT2D eigenvalue weighted by molar-refractivity contribution is -0.161. The van der Waals surface area contributed by atoms with Gasteiger partial charge in [-0.15, -0.1) is 0 Å². The van der Waals surface area contributed by atoms with Crippen LogP contribution >= 0.6 is 15.6 Å². The van der Waals surface area contributed by atoms with E-state index in [2.05, 4.69) is 81.5 Å². The molecule has 0 rings (SSSR count). The van der Waals surface area contributed by atoms with Gasteiger partial charge < -0.3 is 38.6 Å². The van der Waals surface area contributed by atoms with Crippen LogP contribution in [0, 0.1) is 0 Å². The van der Waals surface area contributed by atoms with Crippen molar-refractivity contribution in [2.75, 3.05) is 46.2 Å². The molecule has 0 aliphatic rings. The van der Waals surface area contributed by atoms with Gasteiger partial charge in [0, 0.05) is 32.3 Å². The zero-order chi connectivity index (χ0) is 70.2. The Hall–Kier alpha value is -3.08. The van der Waals surface area contributed by atoms with E-state index < -0.39 is 84.9 Å². The van der Waals surface area contributed by atoms with Crippen LogP contribution in [-0.4, -0.2) is 104 Å². The van der Waals surface area contributed by atoms with Crippen molar-refractivity contribution in [3.8, 4) is 0 Å². The van der Waals surface area contributed by atoms with Gasteiger partial charge in [-0.05, 0) is 122 Å². The second-order valence-corrected chi connectivity index (χ2v) is 28.8. The molecule has 0 saturated heterocycles. The zero-order valence-electron chi connectivity index (χ0n) is 60.8. The number of carbonyl (C=O) groups excluding carboxylic acids is 4. The predicted molar refractivity (Wildman–Crippen MR) is 391 cm³/mol. The van der Waals surface area contributed by atoms with E-state index in [1.807, 2.05) is 0 Å². The van der Waals surface area contributed by atoms with E-state index in [0.717, 1.165) is 180 Å². The smallest absolute Gasteiger partial charge is 0.463 e. The summed E-state index contributed by atoms with van der Waals surface area (Å²) in [6.07, 6.45) is 69.8. The minimum atomic E-state index is -4.94. The summed E-state index contributed by atoms with van der Waals surface area (Å²) >= 11 is 0. The highest BCUT2D eigenvalue weighted by molar-refractivity contribution is 7.47. The van der Waals surface area contributed by atoms with Crippen LogP contribution < -0.4 is 0 Å². The van der Waals surface area contributed by atoms with E-state index in [4.69, 9.17) is 37.0 Å². The van der Waals surface area contributed by atoms with Crippen LogP contribution in [0.5, 0.6) is 0 Å². The molecular formula is C77H140O17P2. The number of hydrogen-bond donors (Lipinski definition) is 3. The van der Waals surface area contributed by atoms with Gasteiger partial charge in [0.05, 0.1) is 26.4 Å². The molecule has 560 valence electrons. The minimum absolute atomic E-state index is 0.0946. The predicted octanol–water partition coefficient (Wildman–Crippen LogP) is 21.5. The van der Waals surface area contributed by atoms with Crippen molar-refractivity contribution in [1.82, 2.24) is 0 Å². The Morgan fingerprint density at radius 3 is 1.00 bits per heavy atom. The minimum Gasteiger partial charge on any atom is -0.463 e. The number of ether oxygens (including phenoxy) is 4. The Bertz CT molecular complexity index is 2030. The van der Waals surface area contributed by atoms with Crippen molar-refractivity contribution in [2.24, 2.45) is 0 Å². The summed E-state index contributed by atoms with van der Waals surface area (Å²) in [5.41, 5.74) is 0. The number of carbonyl (C=O) groups is 4. The number of esters is 3. The molecule has 2 unspecified atom stereocenters. The van der Waals surface area contributed by atoms with Crippen LogP contribution in [0.2, 0.25) is 0 Å². The summed E-state index contributed by atoms with van der Waals surface area (Å²) < 4.78 is 69.2. The molecule has 0 saturated carbocycles. The standard InChI is InChI=1S/C77H140O17P2/c1-4-7-10-13-16-19-22-25-27-32-37-42-46-51-56-61-75(80)88-68-73(87-65-60-55-50-45-40-35-30-29-34-39-44-49-54-59-64-78)70-92-95(83,84)90-66-72(79)67-91-96(85,86)93-71-74(69-89-76(81)62-57-52-47-41-36-31-24-21-18-15-12-9-6-3)94-77(82)63-58-53-48-43-38-33-28-26-23-20-17-14-11-8-5-2/h16-17,19-20,25-30,64,72-74,79H,4-15,18,21-24,31-63,65-71H2,1-3H3,(H,83,84)(H,85,86)/b19-16-,20-17-,27-25-,28-26-,30-29-/t72-,73-,74-/m1/s1. The van der Waals surface area contributed by atoms with Gasteiger partial charge in [0.2, 0.25) is 0 Å². The van der Waals surface area contributed by atoms with E-state index >= 15 is 0 Å². The van der Waals surface area contributed by atoms with Gasteiger partial charge in [-0.3, -0.25) is 32.5 Å². The van der Waals surface area contributed by atoms with Crippen LogP contribution in [0.15, 0.2) is 60.8 Å². The Morgan fingerprint density at radius 2 is 0.615 bits per heavy atom. The second kappa shape index (κ2) is 71.7. The maximum absolute atomic E-state index is 13.1. The van der Waals surface area contributed by atoms with E-state index in [1.54, 1.807) is 0 Å². The van der Waals surface area contributed by atoms with Gasteiger partial charge in [0.1, 0.15) is 31.7 Å². The highest BCUT2D eigenvalue weighted by Crippen LogP contribution is 2.45.